The molecule has 0 radical (unpaired) electrons. The first kappa shape index (κ1) is 15.5. The van der Waals surface area contributed by atoms with E-state index in [1.807, 2.05) is 0 Å². The van der Waals surface area contributed by atoms with Gasteiger partial charge in [0, 0.05) is 26.1 Å². The van der Waals surface area contributed by atoms with E-state index in [4.69, 9.17) is 10.5 Å². The van der Waals surface area contributed by atoms with Crippen LogP contribution in [0.1, 0.15) is 19.3 Å². The number of ether oxygens (including phenoxy) is 1. The number of halogens is 1. The standard InChI is InChI=1S/C12H16BrN5O3/c13-8-7-16-10(14)11(17-8)21-12(20)15-4-2-6-18-5-1-3-9(18)19/h7H,1-6H2,(H2,14,16)(H,15,20). The maximum atomic E-state index is 11.6. The van der Waals surface area contributed by atoms with Gasteiger partial charge < -0.3 is 20.7 Å². The molecule has 1 fully saturated rings. The van der Waals surface area contributed by atoms with Crippen LogP contribution in [0, 0.1) is 0 Å². The number of nitrogens with zero attached hydrogens (tertiary/aromatic N) is 3. The second-order valence-electron chi connectivity index (χ2n) is 4.54. The third-order valence-corrected chi connectivity index (χ3v) is 3.35. The lowest BCUT2D eigenvalue weighted by Gasteiger charge is -2.15. The summed E-state index contributed by atoms with van der Waals surface area (Å²) in [6, 6.07) is 0. The minimum atomic E-state index is -0.651. The number of aromatic nitrogens is 2. The highest BCUT2D eigenvalue weighted by Crippen LogP contribution is 2.18. The van der Waals surface area contributed by atoms with Crippen LogP contribution in [-0.4, -0.2) is 46.5 Å². The van der Waals surface area contributed by atoms with E-state index in [1.165, 1.54) is 6.20 Å². The molecule has 0 spiro atoms. The van der Waals surface area contributed by atoms with Crippen molar-refractivity contribution in [2.24, 2.45) is 0 Å². The highest BCUT2D eigenvalue weighted by atomic mass is 79.9. The van der Waals surface area contributed by atoms with Crippen molar-refractivity contribution in [3.8, 4) is 5.88 Å². The molecule has 3 N–H and O–H groups in total. The van der Waals surface area contributed by atoms with Gasteiger partial charge >= 0.3 is 6.09 Å². The molecule has 1 aliphatic rings. The summed E-state index contributed by atoms with van der Waals surface area (Å²) in [5.41, 5.74) is 5.55. The molecule has 2 rings (SSSR count). The number of hydrogen-bond acceptors (Lipinski definition) is 6. The van der Waals surface area contributed by atoms with Crippen molar-refractivity contribution < 1.29 is 14.3 Å². The Morgan fingerprint density at radius 2 is 2.38 bits per heavy atom. The lowest BCUT2D eigenvalue weighted by molar-refractivity contribution is -0.127. The van der Waals surface area contributed by atoms with Gasteiger partial charge in [0.2, 0.25) is 5.91 Å². The highest BCUT2D eigenvalue weighted by molar-refractivity contribution is 9.10. The first-order chi connectivity index (χ1) is 10.1. The number of nitrogens with one attached hydrogen (secondary N) is 1. The van der Waals surface area contributed by atoms with E-state index in [-0.39, 0.29) is 17.6 Å². The van der Waals surface area contributed by atoms with Crippen LogP contribution in [-0.2, 0) is 4.79 Å². The molecule has 2 amide bonds. The third kappa shape index (κ3) is 4.55. The SMILES string of the molecule is Nc1ncc(Br)nc1OC(=O)NCCCN1CCCC1=O. The summed E-state index contributed by atoms with van der Waals surface area (Å²) in [6.07, 6.45) is 2.96. The van der Waals surface area contributed by atoms with Crippen molar-refractivity contribution in [1.29, 1.82) is 0 Å². The van der Waals surface area contributed by atoms with E-state index in [2.05, 4.69) is 31.2 Å². The Bertz CT molecular complexity index is 540. The van der Waals surface area contributed by atoms with Gasteiger partial charge in [0.05, 0.1) is 6.20 Å². The summed E-state index contributed by atoms with van der Waals surface area (Å²) in [7, 11) is 0. The van der Waals surface area contributed by atoms with Gasteiger partial charge in [0.1, 0.15) is 4.60 Å². The fourth-order valence-electron chi connectivity index (χ4n) is 1.96. The van der Waals surface area contributed by atoms with Gasteiger partial charge in [-0.15, -0.1) is 0 Å². The Balaban J connectivity index is 1.70. The summed E-state index contributed by atoms with van der Waals surface area (Å²) in [6.45, 7) is 1.84. The summed E-state index contributed by atoms with van der Waals surface area (Å²) < 4.78 is 5.38. The second kappa shape index (κ2) is 7.21. The van der Waals surface area contributed by atoms with E-state index in [1.54, 1.807) is 4.90 Å². The van der Waals surface area contributed by atoms with Crippen molar-refractivity contribution in [3.05, 3.63) is 10.8 Å². The van der Waals surface area contributed by atoms with E-state index in [0.29, 0.717) is 30.5 Å². The largest absolute Gasteiger partial charge is 0.414 e. The van der Waals surface area contributed by atoms with Crippen LogP contribution < -0.4 is 15.8 Å². The first-order valence-electron chi connectivity index (χ1n) is 6.58. The molecule has 0 atom stereocenters. The quantitative estimate of drug-likeness (QED) is 0.758. The average molecular weight is 358 g/mol. The van der Waals surface area contributed by atoms with Crippen molar-refractivity contribution in [3.63, 3.8) is 0 Å². The summed E-state index contributed by atoms with van der Waals surface area (Å²) in [5.74, 6) is 0.169. The molecule has 1 aromatic heterocycles. The van der Waals surface area contributed by atoms with Gasteiger partial charge in [-0.25, -0.2) is 14.8 Å². The molecule has 2 heterocycles. The Morgan fingerprint density at radius 1 is 1.57 bits per heavy atom. The van der Waals surface area contributed by atoms with Gasteiger partial charge in [-0.1, -0.05) is 0 Å². The molecule has 1 saturated heterocycles. The van der Waals surface area contributed by atoms with Crippen LogP contribution >= 0.6 is 15.9 Å². The van der Waals surface area contributed by atoms with Gasteiger partial charge in [0.15, 0.2) is 5.82 Å². The predicted octanol–water partition coefficient (Wildman–Crippen LogP) is 0.922. The van der Waals surface area contributed by atoms with Crippen molar-refractivity contribution in [2.75, 3.05) is 25.4 Å². The normalized spacial score (nSPS) is 14.3. The Hall–Kier alpha value is -1.90. The van der Waals surface area contributed by atoms with E-state index in [9.17, 15) is 9.59 Å². The summed E-state index contributed by atoms with van der Waals surface area (Å²) >= 11 is 3.12. The Labute approximate surface area is 130 Å². The maximum Gasteiger partial charge on any atom is 0.414 e. The molecule has 1 aliphatic heterocycles. The molecule has 0 bridgehead atoms. The molecule has 114 valence electrons. The molecule has 0 aliphatic carbocycles. The number of nitrogen functional groups attached to an aromatic ring is 1. The molecule has 0 saturated carbocycles. The number of nitrogens with two attached hydrogens (primary N) is 1. The zero-order valence-electron chi connectivity index (χ0n) is 11.3. The summed E-state index contributed by atoms with van der Waals surface area (Å²) in [4.78, 5) is 32.5. The monoisotopic (exact) mass is 357 g/mol. The van der Waals surface area contributed by atoms with Gasteiger partial charge in [-0.3, -0.25) is 4.79 Å². The smallest absolute Gasteiger partial charge is 0.387 e. The van der Waals surface area contributed by atoms with Crippen LogP contribution in [0.25, 0.3) is 0 Å². The van der Waals surface area contributed by atoms with Crippen LogP contribution in [0.15, 0.2) is 10.8 Å². The number of amides is 2. The second-order valence-corrected chi connectivity index (χ2v) is 5.35. The maximum absolute atomic E-state index is 11.6. The first-order valence-corrected chi connectivity index (χ1v) is 7.37. The van der Waals surface area contributed by atoms with Crippen molar-refractivity contribution >= 4 is 33.7 Å². The van der Waals surface area contributed by atoms with Crippen LogP contribution in [0.5, 0.6) is 5.88 Å². The fraction of sp³-hybridized carbons (Fsp3) is 0.500. The number of anilines is 1. The predicted molar refractivity (Wildman–Crippen MR) is 78.6 cm³/mol. The average Bonchev–Trinajstić information content (AvgIpc) is 2.84. The topological polar surface area (TPSA) is 110 Å². The zero-order chi connectivity index (χ0) is 15.2. The molecule has 21 heavy (non-hydrogen) atoms. The van der Waals surface area contributed by atoms with E-state index < -0.39 is 6.09 Å². The summed E-state index contributed by atoms with van der Waals surface area (Å²) in [5, 5.41) is 2.58. The van der Waals surface area contributed by atoms with Crippen LogP contribution in [0.4, 0.5) is 10.6 Å². The van der Waals surface area contributed by atoms with E-state index in [0.717, 1.165) is 13.0 Å². The zero-order valence-corrected chi connectivity index (χ0v) is 12.9. The van der Waals surface area contributed by atoms with Gasteiger partial charge in [0.25, 0.3) is 5.88 Å². The van der Waals surface area contributed by atoms with Crippen molar-refractivity contribution in [2.45, 2.75) is 19.3 Å². The van der Waals surface area contributed by atoms with Crippen LogP contribution in [0.2, 0.25) is 0 Å². The van der Waals surface area contributed by atoms with Crippen LogP contribution in [0.3, 0.4) is 0 Å². The van der Waals surface area contributed by atoms with Gasteiger partial charge in [-0.05, 0) is 28.8 Å². The highest BCUT2D eigenvalue weighted by Gasteiger charge is 2.19. The number of carbonyl (C=O) groups excluding carboxylic acids is 2. The third-order valence-electron chi connectivity index (χ3n) is 2.97. The molecular weight excluding hydrogens is 342 g/mol. The molecule has 1 aromatic rings. The lowest BCUT2D eigenvalue weighted by Crippen LogP contribution is -2.32. The molecule has 8 nitrogen and oxygen atoms in total. The number of rotatable bonds is 5. The van der Waals surface area contributed by atoms with Gasteiger partial charge in [-0.2, -0.15) is 0 Å². The number of hydrogen-bond donors (Lipinski definition) is 2. The molecule has 0 unspecified atom stereocenters. The molecular formula is C12H16BrN5O3. The number of likely N-dealkylation sites (tertiary alicyclic amines) is 1. The molecule has 0 aromatic carbocycles. The lowest BCUT2D eigenvalue weighted by atomic mass is 10.4. The Kier molecular flexibility index (Phi) is 5.32. The minimum absolute atomic E-state index is 0.0380. The Morgan fingerprint density at radius 3 is 3.10 bits per heavy atom. The minimum Gasteiger partial charge on any atom is -0.387 e. The number of carbonyl (C=O) groups is 2. The fourth-order valence-corrected chi connectivity index (χ4v) is 2.22. The van der Waals surface area contributed by atoms with Crippen molar-refractivity contribution in [1.82, 2.24) is 20.2 Å². The van der Waals surface area contributed by atoms with E-state index >= 15 is 0 Å². The molecule has 9 heteroatoms.